The minimum Gasteiger partial charge on any atom is -0.347 e. The SMILES string of the molecule is C[C@@H]1Cn2c(c(C(=O)NCc3ccccc3-c3ccncn3)n(-c3ccc4c(cnn4CC(F)(F)F)c3)c2=O)CN1C(=O)c1ccc(Br)c(C(F)(F)F)c1. The lowest BCUT2D eigenvalue weighted by Gasteiger charge is -2.34. The van der Waals surface area contributed by atoms with E-state index in [0.29, 0.717) is 16.8 Å². The Morgan fingerprint density at radius 3 is 2.50 bits per heavy atom. The molecular formula is C36H27BrF6N8O3. The average molecular weight is 814 g/mol. The number of rotatable bonds is 7. The maximum atomic E-state index is 14.3. The van der Waals surface area contributed by atoms with Crippen molar-refractivity contribution < 1.29 is 35.9 Å². The van der Waals surface area contributed by atoms with Gasteiger partial charge in [0.15, 0.2) is 0 Å². The predicted octanol–water partition coefficient (Wildman–Crippen LogP) is 6.76. The number of nitrogens with zero attached hydrogens (tertiary/aromatic N) is 7. The van der Waals surface area contributed by atoms with Crippen molar-refractivity contribution in [1.29, 1.82) is 0 Å². The fourth-order valence-corrected chi connectivity index (χ4v) is 7.02. The van der Waals surface area contributed by atoms with Gasteiger partial charge in [-0.25, -0.2) is 14.8 Å². The summed E-state index contributed by atoms with van der Waals surface area (Å²) >= 11 is 2.89. The zero-order chi connectivity index (χ0) is 38.5. The first kappa shape index (κ1) is 36.6. The van der Waals surface area contributed by atoms with Crippen molar-refractivity contribution in [2.45, 2.75) is 51.5 Å². The maximum Gasteiger partial charge on any atom is 0.417 e. The fourth-order valence-electron chi connectivity index (χ4n) is 6.55. The average Bonchev–Trinajstić information content (AvgIpc) is 3.65. The highest BCUT2D eigenvalue weighted by molar-refractivity contribution is 9.10. The second-order valence-corrected chi connectivity index (χ2v) is 13.4. The molecule has 0 spiro atoms. The Labute approximate surface area is 310 Å². The molecule has 6 aromatic rings. The Morgan fingerprint density at radius 2 is 1.78 bits per heavy atom. The molecule has 1 atom stereocenters. The van der Waals surface area contributed by atoms with E-state index in [9.17, 15) is 40.7 Å². The van der Waals surface area contributed by atoms with Crippen molar-refractivity contribution in [3.8, 4) is 16.9 Å². The van der Waals surface area contributed by atoms with Crippen LogP contribution in [-0.4, -0.2) is 57.8 Å². The summed E-state index contributed by atoms with van der Waals surface area (Å²) in [6.07, 6.45) is -5.13. The maximum absolute atomic E-state index is 14.3. The molecule has 1 N–H and O–H groups in total. The normalized spacial score (nSPS) is 14.7. The Kier molecular flexibility index (Phi) is 9.41. The Bertz CT molecular complexity index is 2470. The Balaban J connectivity index is 1.30. The van der Waals surface area contributed by atoms with Gasteiger partial charge in [-0.1, -0.05) is 40.2 Å². The van der Waals surface area contributed by atoms with Gasteiger partial charge in [-0.3, -0.25) is 23.4 Å². The molecule has 1 aliphatic heterocycles. The molecule has 1 aliphatic rings. The minimum absolute atomic E-state index is 0.0285. The number of benzene rings is 3. The number of fused-ring (bicyclic) bond motifs is 2. The van der Waals surface area contributed by atoms with E-state index in [0.717, 1.165) is 21.4 Å². The van der Waals surface area contributed by atoms with Gasteiger partial charge in [0, 0.05) is 46.3 Å². The molecule has 7 rings (SSSR count). The largest absolute Gasteiger partial charge is 0.417 e. The van der Waals surface area contributed by atoms with Crippen LogP contribution in [0.1, 0.15) is 44.6 Å². The number of imidazole rings is 1. The standard InChI is InChI=1S/C36H27BrF6N8O3/c1-20-16-49-30(17-48(20)33(53)21-6-8-27(37)26(13-21)36(41,42)43)31(32(52)45-14-22-4-2-3-5-25(22)28-10-11-44-19-46-28)51(34(49)54)24-7-9-29-23(12-24)15-47-50(29)18-35(38,39)40/h2-13,15,19-20H,14,16-18H2,1H3,(H,45,52)/t20-/m1/s1. The first-order valence-electron chi connectivity index (χ1n) is 16.3. The predicted molar refractivity (Wildman–Crippen MR) is 186 cm³/mol. The number of halogens is 7. The second-order valence-electron chi connectivity index (χ2n) is 12.6. The lowest BCUT2D eigenvalue weighted by molar-refractivity contribution is -0.142. The van der Waals surface area contributed by atoms with Crippen LogP contribution in [0.4, 0.5) is 26.3 Å². The number of nitrogens with one attached hydrogen (secondary N) is 1. The number of amides is 2. The van der Waals surface area contributed by atoms with E-state index in [1.165, 1.54) is 46.3 Å². The van der Waals surface area contributed by atoms with Gasteiger partial charge in [0.25, 0.3) is 11.8 Å². The number of alkyl halides is 6. The van der Waals surface area contributed by atoms with Crippen LogP contribution >= 0.6 is 15.9 Å². The molecule has 278 valence electrons. The molecule has 0 saturated carbocycles. The van der Waals surface area contributed by atoms with Crippen molar-refractivity contribution in [3.63, 3.8) is 0 Å². The monoisotopic (exact) mass is 812 g/mol. The summed E-state index contributed by atoms with van der Waals surface area (Å²) in [4.78, 5) is 51.9. The molecular weight excluding hydrogens is 786 g/mol. The van der Waals surface area contributed by atoms with Crippen LogP contribution in [0.25, 0.3) is 27.8 Å². The lowest BCUT2D eigenvalue weighted by atomic mass is 10.0. The number of hydrogen-bond donors (Lipinski definition) is 1. The van der Waals surface area contributed by atoms with Gasteiger partial charge in [-0.2, -0.15) is 31.4 Å². The zero-order valence-electron chi connectivity index (χ0n) is 28.0. The molecule has 3 aromatic heterocycles. The van der Waals surface area contributed by atoms with Crippen LogP contribution < -0.4 is 11.0 Å². The van der Waals surface area contributed by atoms with Gasteiger partial charge in [-0.05, 0) is 55.0 Å². The smallest absolute Gasteiger partial charge is 0.347 e. The minimum atomic E-state index is -4.75. The van der Waals surface area contributed by atoms with E-state index >= 15 is 0 Å². The lowest BCUT2D eigenvalue weighted by Crippen LogP contribution is -2.47. The van der Waals surface area contributed by atoms with E-state index in [1.807, 2.05) is 6.07 Å². The molecule has 0 aliphatic carbocycles. The van der Waals surface area contributed by atoms with Crippen LogP contribution in [0.15, 0.2) is 94.7 Å². The third-order valence-corrected chi connectivity index (χ3v) is 9.76. The van der Waals surface area contributed by atoms with Gasteiger partial charge in [0.1, 0.15) is 18.6 Å². The summed E-state index contributed by atoms with van der Waals surface area (Å²) in [5.41, 5.74) is 0.227. The van der Waals surface area contributed by atoms with Crippen LogP contribution in [0.3, 0.4) is 0 Å². The van der Waals surface area contributed by atoms with Gasteiger partial charge < -0.3 is 10.2 Å². The molecule has 0 radical (unpaired) electrons. The Morgan fingerprint density at radius 1 is 1.00 bits per heavy atom. The van der Waals surface area contributed by atoms with Gasteiger partial charge >= 0.3 is 18.0 Å². The Hall–Kier alpha value is -5.78. The van der Waals surface area contributed by atoms with Crippen molar-refractivity contribution in [2.75, 3.05) is 0 Å². The van der Waals surface area contributed by atoms with E-state index < -0.39 is 48.0 Å². The molecule has 11 nitrogen and oxygen atoms in total. The summed E-state index contributed by atoms with van der Waals surface area (Å²) in [5, 5.41) is 6.97. The number of carbonyl (C=O) groups excluding carboxylic acids is 2. The van der Waals surface area contributed by atoms with Crippen molar-refractivity contribution in [2.24, 2.45) is 0 Å². The first-order chi connectivity index (χ1) is 25.6. The molecule has 0 unspecified atom stereocenters. The van der Waals surface area contributed by atoms with E-state index in [4.69, 9.17) is 0 Å². The molecule has 2 amide bonds. The number of aromatic nitrogens is 6. The van der Waals surface area contributed by atoms with E-state index in [1.54, 1.807) is 37.4 Å². The van der Waals surface area contributed by atoms with Crippen LogP contribution in [-0.2, 0) is 32.4 Å². The molecule has 18 heteroatoms. The summed E-state index contributed by atoms with van der Waals surface area (Å²) in [6.45, 7) is -0.187. The van der Waals surface area contributed by atoms with Crippen molar-refractivity contribution in [1.82, 2.24) is 39.1 Å². The molecule has 4 heterocycles. The molecule has 0 bridgehead atoms. The highest BCUT2D eigenvalue weighted by Crippen LogP contribution is 2.36. The third kappa shape index (κ3) is 7.00. The van der Waals surface area contributed by atoms with Gasteiger partial charge in [0.2, 0.25) is 0 Å². The van der Waals surface area contributed by atoms with Crippen LogP contribution in [0, 0.1) is 0 Å². The molecule has 54 heavy (non-hydrogen) atoms. The van der Waals surface area contributed by atoms with Gasteiger partial charge in [-0.15, -0.1) is 0 Å². The molecule has 0 fully saturated rings. The zero-order valence-corrected chi connectivity index (χ0v) is 29.6. The third-order valence-electron chi connectivity index (χ3n) is 9.07. The highest BCUT2D eigenvalue weighted by Gasteiger charge is 2.38. The van der Waals surface area contributed by atoms with Gasteiger partial charge in [0.05, 0.1) is 40.9 Å². The molecule has 3 aromatic carbocycles. The topological polar surface area (TPSA) is 120 Å². The molecule has 0 saturated heterocycles. The summed E-state index contributed by atoms with van der Waals surface area (Å²) in [6, 6.07) is 15.4. The first-order valence-corrected chi connectivity index (χ1v) is 17.1. The summed E-state index contributed by atoms with van der Waals surface area (Å²) < 4.78 is 83.8. The number of carbonyl (C=O) groups is 2. The van der Waals surface area contributed by atoms with E-state index in [2.05, 4.69) is 36.3 Å². The van der Waals surface area contributed by atoms with Crippen LogP contribution in [0.5, 0.6) is 0 Å². The fraction of sp³-hybridized carbons (Fsp3) is 0.222. The summed E-state index contributed by atoms with van der Waals surface area (Å²) in [7, 11) is 0. The van der Waals surface area contributed by atoms with E-state index in [-0.39, 0.29) is 57.6 Å². The highest BCUT2D eigenvalue weighted by atomic mass is 79.9. The van der Waals surface area contributed by atoms with Crippen molar-refractivity contribution in [3.05, 3.63) is 128 Å². The summed E-state index contributed by atoms with van der Waals surface area (Å²) in [5.74, 6) is -1.48. The quantitative estimate of drug-likeness (QED) is 0.178. The second kappa shape index (κ2) is 13.9. The van der Waals surface area contributed by atoms with Crippen LogP contribution in [0.2, 0.25) is 0 Å². The number of hydrogen-bond acceptors (Lipinski definition) is 6. The van der Waals surface area contributed by atoms with Crippen molar-refractivity contribution >= 4 is 38.6 Å².